The van der Waals surface area contributed by atoms with E-state index in [2.05, 4.69) is 34.6 Å². The van der Waals surface area contributed by atoms with Crippen molar-refractivity contribution in [1.82, 2.24) is 15.5 Å². The molecule has 30 heavy (non-hydrogen) atoms. The van der Waals surface area contributed by atoms with E-state index in [0.717, 1.165) is 57.0 Å². The zero-order chi connectivity index (χ0) is 20.5. The Kier molecular flexibility index (Phi) is 11.2. The van der Waals surface area contributed by atoms with Crippen molar-refractivity contribution >= 4 is 29.9 Å². The van der Waals surface area contributed by atoms with Crippen molar-refractivity contribution in [3.63, 3.8) is 0 Å². The quantitative estimate of drug-likeness (QED) is 0.285. The van der Waals surface area contributed by atoms with Crippen LogP contribution in [0, 0.1) is 0 Å². The highest BCUT2D eigenvalue weighted by atomic mass is 127. The summed E-state index contributed by atoms with van der Waals surface area (Å²) in [6, 6.07) is 8.95. The largest absolute Gasteiger partial charge is 0.496 e. The molecule has 6 nitrogen and oxygen atoms in total. The average molecular weight is 530 g/mol. The number of nitrogens with zero attached hydrogens (tertiary/aromatic N) is 2. The maximum absolute atomic E-state index is 9.77. The summed E-state index contributed by atoms with van der Waals surface area (Å²) in [5, 5.41) is 16.8. The number of nitrogens with one attached hydrogen (secondary N) is 2. The lowest BCUT2D eigenvalue weighted by atomic mass is 9.93. The third-order valence-corrected chi connectivity index (χ3v) is 6.13. The first kappa shape index (κ1) is 25.2. The van der Waals surface area contributed by atoms with Crippen LogP contribution < -0.4 is 15.4 Å². The molecule has 1 saturated heterocycles. The molecular formula is C23H39IN4O2. The highest BCUT2D eigenvalue weighted by molar-refractivity contribution is 14.0. The van der Waals surface area contributed by atoms with Crippen molar-refractivity contribution in [2.75, 3.05) is 33.3 Å². The van der Waals surface area contributed by atoms with E-state index in [-0.39, 0.29) is 36.1 Å². The zero-order valence-electron chi connectivity index (χ0n) is 18.5. The Bertz CT molecular complexity index is 644. The zero-order valence-corrected chi connectivity index (χ0v) is 20.8. The number of aliphatic hydroxyl groups excluding tert-OH is 1. The maximum Gasteiger partial charge on any atom is 0.191 e. The van der Waals surface area contributed by atoms with Crippen molar-refractivity contribution in [1.29, 1.82) is 0 Å². The predicted molar refractivity (Wildman–Crippen MR) is 134 cm³/mol. The number of likely N-dealkylation sites (tertiary alicyclic amines) is 1. The smallest absolute Gasteiger partial charge is 0.191 e. The standard InChI is InChI=1S/C23H38N4O2.HI/c1-3-24-23(26-18-11-13-19(28)14-12-18)25-17-21(27-15-7-4-8-16-27)20-9-5-6-10-22(20)29-2;/h5-6,9-10,18-19,21,28H,3-4,7-8,11-17H2,1-2H3,(H2,24,25,26);1H. The number of aliphatic hydroxyl groups is 1. The molecule has 0 radical (unpaired) electrons. The van der Waals surface area contributed by atoms with Gasteiger partial charge in [-0.05, 0) is 64.6 Å². The van der Waals surface area contributed by atoms with Gasteiger partial charge in [-0.1, -0.05) is 24.6 Å². The van der Waals surface area contributed by atoms with Gasteiger partial charge in [-0.3, -0.25) is 9.89 Å². The first-order chi connectivity index (χ1) is 14.2. The third-order valence-electron chi connectivity index (χ3n) is 6.13. The van der Waals surface area contributed by atoms with E-state index in [4.69, 9.17) is 9.73 Å². The molecule has 1 aromatic carbocycles. The molecular weight excluding hydrogens is 491 g/mol. The van der Waals surface area contributed by atoms with Gasteiger partial charge in [0, 0.05) is 18.2 Å². The summed E-state index contributed by atoms with van der Waals surface area (Å²) in [7, 11) is 1.75. The number of para-hydroxylation sites is 1. The Morgan fingerprint density at radius 2 is 1.87 bits per heavy atom. The van der Waals surface area contributed by atoms with Crippen molar-refractivity contribution in [2.24, 2.45) is 4.99 Å². The molecule has 1 unspecified atom stereocenters. The summed E-state index contributed by atoms with van der Waals surface area (Å²) in [6.07, 6.45) is 7.40. The van der Waals surface area contributed by atoms with E-state index in [9.17, 15) is 5.11 Å². The van der Waals surface area contributed by atoms with E-state index >= 15 is 0 Å². The number of ether oxygens (including phenoxy) is 1. The highest BCUT2D eigenvalue weighted by Crippen LogP contribution is 2.31. The molecule has 1 heterocycles. The van der Waals surface area contributed by atoms with Crippen molar-refractivity contribution < 1.29 is 9.84 Å². The fraction of sp³-hybridized carbons (Fsp3) is 0.696. The van der Waals surface area contributed by atoms with Crippen LogP contribution in [-0.2, 0) is 0 Å². The summed E-state index contributed by atoms with van der Waals surface area (Å²) in [4.78, 5) is 7.55. The first-order valence-corrected chi connectivity index (χ1v) is 11.3. The number of hydrogen-bond donors (Lipinski definition) is 3. The summed E-state index contributed by atoms with van der Waals surface area (Å²) in [6.45, 7) is 5.87. The van der Waals surface area contributed by atoms with Crippen LogP contribution in [-0.4, -0.2) is 61.4 Å². The van der Waals surface area contributed by atoms with Gasteiger partial charge in [0.1, 0.15) is 5.75 Å². The van der Waals surface area contributed by atoms with Crippen LogP contribution in [0.4, 0.5) is 0 Å². The predicted octanol–water partition coefficient (Wildman–Crippen LogP) is 3.70. The molecule has 3 rings (SSSR count). The molecule has 0 bridgehead atoms. The van der Waals surface area contributed by atoms with Crippen LogP contribution in [0.2, 0.25) is 0 Å². The number of hydrogen-bond acceptors (Lipinski definition) is 4. The average Bonchev–Trinajstić information content (AvgIpc) is 2.76. The molecule has 3 N–H and O–H groups in total. The van der Waals surface area contributed by atoms with E-state index in [1.165, 1.54) is 24.8 Å². The van der Waals surface area contributed by atoms with Crippen molar-refractivity contribution in [3.05, 3.63) is 29.8 Å². The third kappa shape index (κ3) is 7.27. The summed E-state index contributed by atoms with van der Waals surface area (Å²) < 4.78 is 5.67. The van der Waals surface area contributed by atoms with E-state index < -0.39 is 0 Å². The molecule has 0 amide bonds. The Balaban J connectivity index is 0.00000320. The van der Waals surface area contributed by atoms with Crippen molar-refractivity contribution in [2.45, 2.75) is 70.1 Å². The lowest BCUT2D eigenvalue weighted by Crippen LogP contribution is -2.46. The van der Waals surface area contributed by atoms with Gasteiger partial charge in [0.05, 0.1) is 25.8 Å². The minimum atomic E-state index is -0.137. The summed E-state index contributed by atoms with van der Waals surface area (Å²) >= 11 is 0. The van der Waals surface area contributed by atoms with Gasteiger partial charge in [0.25, 0.3) is 0 Å². The second-order valence-corrected chi connectivity index (χ2v) is 8.22. The van der Waals surface area contributed by atoms with E-state index in [1.807, 2.05) is 12.1 Å². The van der Waals surface area contributed by atoms with Crippen LogP contribution in [0.1, 0.15) is 63.5 Å². The minimum absolute atomic E-state index is 0. The molecule has 1 saturated carbocycles. The molecule has 2 fully saturated rings. The Labute approximate surface area is 198 Å². The second kappa shape index (κ2) is 13.4. The van der Waals surface area contributed by atoms with Crippen LogP contribution in [0.5, 0.6) is 5.75 Å². The summed E-state index contributed by atoms with van der Waals surface area (Å²) in [5.74, 6) is 1.82. The van der Waals surface area contributed by atoms with E-state index in [0.29, 0.717) is 12.6 Å². The van der Waals surface area contributed by atoms with Crippen LogP contribution in [0.15, 0.2) is 29.3 Å². The number of rotatable bonds is 7. The lowest BCUT2D eigenvalue weighted by Gasteiger charge is -2.35. The van der Waals surface area contributed by atoms with E-state index in [1.54, 1.807) is 7.11 Å². The number of aliphatic imine (C=N–C) groups is 1. The molecule has 170 valence electrons. The Morgan fingerprint density at radius 3 is 2.53 bits per heavy atom. The number of methoxy groups -OCH3 is 1. The van der Waals surface area contributed by atoms with Crippen LogP contribution in [0.25, 0.3) is 0 Å². The van der Waals surface area contributed by atoms with Crippen LogP contribution in [0.3, 0.4) is 0 Å². The normalized spacial score (nSPS) is 23.9. The second-order valence-electron chi connectivity index (χ2n) is 8.22. The van der Waals surface area contributed by atoms with Gasteiger partial charge in [-0.15, -0.1) is 24.0 Å². The topological polar surface area (TPSA) is 69.1 Å². The van der Waals surface area contributed by atoms with Gasteiger partial charge in [-0.2, -0.15) is 0 Å². The van der Waals surface area contributed by atoms with Crippen molar-refractivity contribution in [3.8, 4) is 5.75 Å². The molecule has 7 heteroatoms. The van der Waals surface area contributed by atoms with Gasteiger partial charge >= 0.3 is 0 Å². The number of halogens is 1. The Hall–Kier alpha value is -1.06. The van der Waals surface area contributed by atoms with Gasteiger partial charge < -0.3 is 20.5 Å². The lowest BCUT2D eigenvalue weighted by molar-refractivity contribution is 0.120. The number of guanidine groups is 1. The molecule has 1 atom stereocenters. The van der Waals surface area contributed by atoms with Crippen LogP contribution >= 0.6 is 24.0 Å². The van der Waals surface area contributed by atoms with Gasteiger partial charge in [0.2, 0.25) is 0 Å². The summed E-state index contributed by atoms with van der Waals surface area (Å²) in [5.41, 5.74) is 1.22. The molecule has 1 aliphatic carbocycles. The van der Waals surface area contributed by atoms with Gasteiger partial charge in [0.15, 0.2) is 5.96 Å². The molecule has 2 aliphatic rings. The highest BCUT2D eigenvalue weighted by Gasteiger charge is 2.25. The molecule has 0 spiro atoms. The van der Waals surface area contributed by atoms with Gasteiger partial charge in [-0.25, -0.2) is 0 Å². The number of benzene rings is 1. The maximum atomic E-state index is 9.77. The molecule has 1 aliphatic heterocycles. The monoisotopic (exact) mass is 530 g/mol. The first-order valence-electron chi connectivity index (χ1n) is 11.3. The molecule has 0 aromatic heterocycles. The Morgan fingerprint density at radius 1 is 1.17 bits per heavy atom. The fourth-order valence-electron chi connectivity index (χ4n) is 4.49. The SMILES string of the molecule is CCNC(=NCC(c1ccccc1OC)N1CCCCC1)NC1CCC(O)CC1.I. The fourth-order valence-corrected chi connectivity index (χ4v) is 4.49. The molecule has 1 aromatic rings. The minimum Gasteiger partial charge on any atom is -0.496 e. The number of piperidine rings is 1.